The molecule has 5 heteroatoms. The van der Waals surface area contributed by atoms with Gasteiger partial charge in [0.25, 0.3) is 0 Å². The van der Waals surface area contributed by atoms with Crippen LogP contribution in [-0.2, 0) is 4.79 Å². The molecule has 2 N–H and O–H groups in total. The second-order valence-corrected chi connectivity index (χ2v) is 7.00. The van der Waals surface area contributed by atoms with Gasteiger partial charge in [-0.05, 0) is 49.6 Å². The van der Waals surface area contributed by atoms with E-state index in [1.54, 1.807) is 0 Å². The zero-order chi connectivity index (χ0) is 17.1. The fourth-order valence-electron chi connectivity index (χ4n) is 2.54. The minimum Gasteiger partial charge on any atom is -0.333 e. The first-order valence-electron chi connectivity index (χ1n) is 8.07. The third-order valence-corrected chi connectivity index (χ3v) is 5.40. The molecule has 4 nitrogen and oxygen atoms in total. The average molecular weight is 339 g/mol. The molecule has 1 amide bonds. The lowest BCUT2D eigenvalue weighted by Crippen LogP contribution is -2.25. The van der Waals surface area contributed by atoms with Crippen molar-refractivity contribution in [2.75, 3.05) is 5.32 Å². The lowest BCUT2D eigenvalue weighted by molar-refractivity contribution is -0.115. The van der Waals surface area contributed by atoms with Crippen LogP contribution in [0.4, 0.5) is 5.69 Å². The SMILES string of the molecule is CCC(Sc1nc2ccccc2[nH]1)C(=O)Nc1cccc(C)c1C. The van der Waals surface area contributed by atoms with Crippen molar-refractivity contribution in [2.24, 2.45) is 0 Å². The maximum atomic E-state index is 12.7. The standard InChI is InChI=1S/C19H21N3OS/c1-4-17(18(23)20-14-11-7-8-12(2)13(14)3)24-19-21-15-9-5-6-10-16(15)22-19/h5-11,17H,4H2,1-3H3,(H,20,23)(H,21,22). The number of amides is 1. The number of anilines is 1. The van der Waals surface area contributed by atoms with Gasteiger partial charge in [-0.3, -0.25) is 4.79 Å². The van der Waals surface area contributed by atoms with E-state index >= 15 is 0 Å². The summed E-state index contributed by atoms with van der Waals surface area (Å²) in [6, 6.07) is 13.8. The molecule has 1 aromatic heterocycles. The van der Waals surface area contributed by atoms with E-state index in [1.165, 1.54) is 17.3 Å². The lowest BCUT2D eigenvalue weighted by Gasteiger charge is -2.15. The number of hydrogen-bond donors (Lipinski definition) is 2. The van der Waals surface area contributed by atoms with Gasteiger partial charge in [0.2, 0.25) is 5.91 Å². The van der Waals surface area contributed by atoms with Gasteiger partial charge in [-0.25, -0.2) is 4.98 Å². The number of thioether (sulfide) groups is 1. The summed E-state index contributed by atoms with van der Waals surface area (Å²) in [6.45, 7) is 6.09. The molecular weight excluding hydrogens is 318 g/mol. The third kappa shape index (κ3) is 3.46. The van der Waals surface area contributed by atoms with Crippen molar-refractivity contribution in [3.05, 3.63) is 53.6 Å². The Kier molecular flexibility index (Phi) is 4.90. The first-order chi connectivity index (χ1) is 11.6. The van der Waals surface area contributed by atoms with Crippen molar-refractivity contribution >= 4 is 34.4 Å². The van der Waals surface area contributed by atoms with E-state index in [0.717, 1.165) is 33.9 Å². The Bertz CT molecular complexity index is 839. The van der Waals surface area contributed by atoms with E-state index in [-0.39, 0.29) is 11.2 Å². The van der Waals surface area contributed by atoms with Gasteiger partial charge < -0.3 is 10.3 Å². The number of carbonyl (C=O) groups is 1. The lowest BCUT2D eigenvalue weighted by atomic mass is 10.1. The molecule has 1 atom stereocenters. The number of aryl methyl sites for hydroxylation is 1. The number of nitrogens with one attached hydrogen (secondary N) is 2. The summed E-state index contributed by atoms with van der Waals surface area (Å²) in [4.78, 5) is 20.5. The largest absolute Gasteiger partial charge is 0.333 e. The second-order valence-electron chi connectivity index (χ2n) is 5.81. The Morgan fingerprint density at radius 3 is 2.75 bits per heavy atom. The molecule has 124 valence electrons. The zero-order valence-electron chi connectivity index (χ0n) is 14.1. The van der Waals surface area contributed by atoms with Crippen LogP contribution in [0.5, 0.6) is 0 Å². The van der Waals surface area contributed by atoms with E-state index in [9.17, 15) is 4.79 Å². The van der Waals surface area contributed by atoms with Crippen LogP contribution < -0.4 is 5.32 Å². The Balaban J connectivity index is 1.75. The second kappa shape index (κ2) is 7.09. The zero-order valence-corrected chi connectivity index (χ0v) is 14.9. The highest BCUT2D eigenvalue weighted by atomic mass is 32.2. The van der Waals surface area contributed by atoms with Gasteiger partial charge in [-0.1, -0.05) is 43.0 Å². The summed E-state index contributed by atoms with van der Waals surface area (Å²) in [5.74, 6) is 0.0108. The number of aromatic nitrogens is 2. The summed E-state index contributed by atoms with van der Waals surface area (Å²) in [6.07, 6.45) is 0.735. The van der Waals surface area contributed by atoms with Crippen LogP contribution in [-0.4, -0.2) is 21.1 Å². The van der Waals surface area contributed by atoms with Gasteiger partial charge in [-0.2, -0.15) is 0 Å². The van der Waals surface area contributed by atoms with Crippen molar-refractivity contribution in [2.45, 2.75) is 37.6 Å². The molecule has 0 aliphatic heterocycles. The fourth-order valence-corrected chi connectivity index (χ4v) is 3.46. The first-order valence-corrected chi connectivity index (χ1v) is 8.95. The third-order valence-electron chi connectivity index (χ3n) is 4.15. The maximum Gasteiger partial charge on any atom is 0.237 e. The van der Waals surface area contributed by atoms with Crippen molar-refractivity contribution in [3.63, 3.8) is 0 Å². The van der Waals surface area contributed by atoms with Gasteiger partial charge >= 0.3 is 0 Å². The number of H-pyrrole nitrogens is 1. The number of carbonyl (C=O) groups excluding carboxylic acids is 1. The quantitative estimate of drug-likeness (QED) is 0.663. The fraction of sp³-hybridized carbons (Fsp3) is 0.263. The van der Waals surface area contributed by atoms with Crippen molar-refractivity contribution in [1.82, 2.24) is 9.97 Å². The van der Waals surface area contributed by atoms with E-state index in [0.29, 0.717) is 0 Å². The van der Waals surface area contributed by atoms with Crippen LogP contribution in [0, 0.1) is 13.8 Å². The summed E-state index contributed by atoms with van der Waals surface area (Å²) in [5, 5.41) is 3.64. The van der Waals surface area contributed by atoms with Crippen LogP contribution in [0.3, 0.4) is 0 Å². The smallest absolute Gasteiger partial charge is 0.237 e. The van der Waals surface area contributed by atoms with Crippen LogP contribution in [0.2, 0.25) is 0 Å². The van der Waals surface area contributed by atoms with Gasteiger partial charge in [0, 0.05) is 5.69 Å². The predicted octanol–water partition coefficient (Wildman–Crippen LogP) is 4.69. The molecule has 0 aliphatic rings. The van der Waals surface area contributed by atoms with Crippen LogP contribution in [0.15, 0.2) is 47.6 Å². The van der Waals surface area contributed by atoms with Crippen molar-refractivity contribution < 1.29 is 4.79 Å². The molecule has 0 fully saturated rings. The molecule has 2 aromatic carbocycles. The van der Waals surface area contributed by atoms with Crippen LogP contribution >= 0.6 is 11.8 Å². The van der Waals surface area contributed by atoms with E-state index < -0.39 is 0 Å². The Hall–Kier alpha value is -2.27. The summed E-state index contributed by atoms with van der Waals surface area (Å²) in [5.41, 5.74) is 5.07. The molecule has 0 radical (unpaired) electrons. The van der Waals surface area contributed by atoms with E-state index in [2.05, 4.69) is 15.3 Å². The Morgan fingerprint density at radius 2 is 2.00 bits per heavy atom. The number of nitrogens with zero attached hydrogens (tertiary/aromatic N) is 1. The topological polar surface area (TPSA) is 57.8 Å². The minimum absolute atomic E-state index is 0.0108. The molecule has 0 saturated heterocycles. The van der Waals surface area contributed by atoms with E-state index in [4.69, 9.17) is 0 Å². The van der Waals surface area contributed by atoms with Crippen molar-refractivity contribution in [3.8, 4) is 0 Å². The van der Waals surface area contributed by atoms with Gasteiger partial charge in [0.15, 0.2) is 5.16 Å². The monoisotopic (exact) mass is 339 g/mol. The highest BCUT2D eigenvalue weighted by Gasteiger charge is 2.20. The predicted molar refractivity (Wildman–Crippen MR) is 101 cm³/mol. The molecule has 0 bridgehead atoms. The molecule has 24 heavy (non-hydrogen) atoms. The molecule has 0 aliphatic carbocycles. The van der Waals surface area contributed by atoms with Crippen LogP contribution in [0.25, 0.3) is 11.0 Å². The van der Waals surface area contributed by atoms with E-state index in [1.807, 2.05) is 63.2 Å². The number of hydrogen-bond acceptors (Lipinski definition) is 3. The first kappa shape index (κ1) is 16.6. The Morgan fingerprint density at radius 1 is 1.21 bits per heavy atom. The normalized spacial score (nSPS) is 12.3. The molecule has 0 saturated carbocycles. The summed E-state index contributed by atoms with van der Waals surface area (Å²) < 4.78 is 0. The van der Waals surface area contributed by atoms with Gasteiger partial charge in [0.05, 0.1) is 16.3 Å². The van der Waals surface area contributed by atoms with Gasteiger partial charge in [0.1, 0.15) is 0 Å². The number of imidazole rings is 1. The maximum absolute atomic E-state index is 12.7. The highest BCUT2D eigenvalue weighted by molar-refractivity contribution is 8.00. The average Bonchev–Trinajstić information content (AvgIpc) is 2.99. The molecule has 3 aromatic rings. The Labute approximate surface area is 146 Å². The summed E-state index contributed by atoms with van der Waals surface area (Å²) in [7, 11) is 0. The molecule has 3 rings (SSSR count). The number of rotatable bonds is 5. The number of para-hydroxylation sites is 2. The molecule has 1 unspecified atom stereocenters. The molecule has 1 heterocycles. The number of fused-ring (bicyclic) bond motifs is 1. The minimum atomic E-state index is -0.189. The van der Waals surface area contributed by atoms with Crippen LogP contribution in [0.1, 0.15) is 24.5 Å². The summed E-state index contributed by atoms with van der Waals surface area (Å²) >= 11 is 1.47. The van der Waals surface area contributed by atoms with Gasteiger partial charge in [-0.15, -0.1) is 0 Å². The van der Waals surface area contributed by atoms with Crippen molar-refractivity contribution in [1.29, 1.82) is 0 Å². The molecular formula is C19H21N3OS. The number of aromatic amines is 1. The molecule has 0 spiro atoms. The number of benzene rings is 2. The highest BCUT2D eigenvalue weighted by Crippen LogP contribution is 2.27.